The Labute approximate surface area is 178 Å². The molecule has 0 atom stereocenters. The topological polar surface area (TPSA) is 58.6 Å². The minimum Gasteiger partial charge on any atom is -0.487 e. The molecule has 2 aromatic carbocycles. The van der Waals surface area contributed by atoms with Gasteiger partial charge in [0.2, 0.25) is 0 Å². The number of carbonyl (C=O) groups is 2. The van der Waals surface area contributed by atoms with Gasteiger partial charge in [0.05, 0.1) is 8.95 Å². The summed E-state index contributed by atoms with van der Waals surface area (Å²) in [6, 6.07) is 9.20. The van der Waals surface area contributed by atoms with Gasteiger partial charge >= 0.3 is 6.03 Å². The zero-order valence-corrected chi connectivity index (χ0v) is 17.7. The summed E-state index contributed by atoms with van der Waals surface area (Å²) in [5.41, 5.74) is 1.56. The van der Waals surface area contributed by atoms with Gasteiger partial charge in [0, 0.05) is 6.54 Å². The number of hydrogen-bond donors (Lipinski definition) is 1. The lowest BCUT2D eigenvalue weighted by atomic mass is 10.2. The van der Waals surface area contributed by atoms with Gasteiger partial charge in [-0.1, -0.05) is 18.2 Å². The Morgan fingerprint density at radius 1 is 1.18 bits per heavy atom. The number of ether oxygens (including phenoxy) is 1. The fraction of sp³-hybridized carbons (Fsp3) is 0.100. The third-order valence-electron chi connectivity index (χ3n) is 3.88. The Bertz CT molecular complexity index is 968. The Morgan fingerprint density at radius 2 is 1.89 bits per heavy atom. The summed E-state index contributed by atoms with van der Waals surface area (Å²) in [5, 5.41) is 2.55. The van der Waals surface area contributed by atoms with E-state index in [4.69, 9.17) is 4.74 Å². The summed E-state index contributed by atoms with van der Waals surface area (Å²) in [6.07, 6.45) is 3.06. The van der Waals surface area contributed by atoms with Crippen LogP contribution in [0.4, 0.5) is 9.18 Å². The summed E-state index contributed by atoms with van der Waals surface area (Å²) < 4.78 is 20.4. The zero-order chi connectivity index (χ0) is 20.3. The van der Waals surface area contributed by atoms with Gasteiger partial charge in [-0.25, -0.2) is 9.18 Å². The minimum atomic E-state index is -0.482. The Balaban J connectivity index is 1.79. The quantitative estimate of drug-likeness (QED) is 0.338. The van der Waals surface area contributed by atoms with Crippen molar-refractivity contribution in [3.63, 3.8) is 0 Å². The van der Waals surface area contributed by atoms with Gasteiger partial charge in [0.15, 0.2) is 0 Å². The molecule has 28 heavy (non-hydrogen) atoms. The van der Waals surface area contributed by atoms with Crippen molar-refractivity contribution < 1.29 is 18.7 Å². The summed E-state index contributed by atoms with van der Waals surface area (Å²) in [6.45, 7) is 3.87. The molecule has 0 saturated carbocycles. The highest BCUT2D eigenvalue weighted by atomic mass is 79.9. The highest BCUT2D eigenvalue weighted by Gasteiger charge is 2.32. The number of halogens is 3. The highest BCUT2D eigenvalue weighted by molar-refractivity contribution is 9.11. The second-order valence-electron chi connectivity index (χ2n) is 5.92. The van der Waals surface area contributed by atoms with Crippen molar-refractivity contribution in [1.82, 2.24) is 10.2 Å². The van der Waals surface area contributed by atoms with Gasteiger partial charge in [0.25, 0.3) is 5.91 Å². The molecule has 1 heterocycles. The number of rotatable bonds is 6. The lowest BCUT2D eigenvalue weighted by molar-refractivity contribution is -0.122. The maximum Gasteiger partial charge on any atom is 0.329 e. The minimum absolute atomic E-state index is 0.141. The van der Waals surface area contributed by atoms with Crippen LogP contribution < -0.4 is 10.1 Å². The molecule has 3 rings (SSSR count). The van der Waals surface area contributed by atoms with Crippen LogP contribution in [0.3, 0.4) is 0 Å². The molecule has 1 aliphatic rings. The van der Waals surface area contributed by atoms with Crippen LogP contribution in [0.15, 0.2) is 63.7 Å². The molecule has 0 spiro atoms. The molecule has 5 nitrogen and oxygen atoms in total. The first-order chi connectivity index (χ1) is 13.4. The predicted molar refractivity (Wildman–Crippen MR) is 111 cm³/mol. The van der Waals surface area contributed by atoms with E-state index in [1.165, 1.54) is 18.2 Å². The fourth-order valence-corrected chi connectivity index (χ4v) is 4.07. The SMILES string of the molecule is C=CCN1C(=O)N/C(=C/c2cc(Br)c(OCc3cccc(F)c3)c(Br)c2)C1=O. The molecular formula is C20H15Br2FN2O3. The normalized spacial score (nSPS) is 15.1. The molecule has 144 valence electrons. The van der Waals surface area contributed by atoms with E-state index < -0.39 is 11.9 Å². The second-order valence-corrected chi connectivity index (χ2v) is 7.63. The molecule has 3 amide bonds. The Morgan fingerprint density at radius 3 is 2.54 bits per heavy atom. The Hall–Kier alpha value is -2.45. The molecule has 1 fully saturated rings. The predicted octanol–water partition coefficient (Wildman–Crippen LogP) is 5.01. The number of urea groups is 1. The van der Waals surface area contributed by atoms with E-state index >= 15 is 0 Å². The standard InChI is InChI=1S/C20H15Br2FN2O3/c1-2-6-25-19(26)17(24-20(25)27)10-13-8-15(21)18(16(22)9-13)28-11-12-4-3-5-14(23)7-12/h2-5,7-10H,1,6,11H2,(H,24,27)/b17-10+. The van der Waals surface area contributed by atoms with Crippen LogP contribution in [0.5, 0.6) is 5.75 Å². The summed E-state index contributed by atoms with van der Waals surface area (Å²) in [7, 11) is 0. The second kappa shape index (κ2) is 8.70. The highest BCUT2D eigenvalue weighted by Crippen LogP contribution is 2.36. The average molecular weight is 510 g/mol. The molecule has 0 unspecified atom stereocenters. The maximum atomic E-state index is 13.3. The van der Waals surface area contributed by atoms with Gasteiger partial charge in [0.1, 0.15) is 23.9 Å². The molecule has 1 N–H and O–H groups in total. The molecule has 0 aromatic heterocycles. The van der Waals surface area contributed by atoms with E-state index in [1.54, 1.807) is 30.3 Å². The van der Waals surface area contributed by atoms with Crippen LogP contribution in [-0.2, 0) is 11.4 Å². The number of nitrogens with zero attached hydrogens (tertiary/aromatic N) is 1. The van der Waals surface area contributed by atoms with Crippen molar-refractivity contribution in [3.05, 3.63) is 80.6 Å². The number of benzene rings is 2. The van der Waals surface area contributed by atoms with E-state index in [0.29, 0.717) is 25.8 Å². The monoisotopic (exact) mass is 508 g/mol. The number of hydrogen-bond acceptors (Lipinski definition) is 3. The molecule has 0 bridgehead atoms. The van der Waals surface area contributed by atoms with Crippen LogP contribution in [0.1, 0.15) is 11.1 Å². The first-order valence-electron chi connectivity index (χ1n) is 8.20. The number of amides is 3. The van der Waals surface area contributed by atoms with Crippen molar-refractivity contribution in [2.24, 2.45) is 0 Å². The molecule has 1 saturated heterocycles. The van der Waals surface area contributed by atoms with Gasteiger partial charge in [-0.2, -0.15) is 0 Å². The van der Waals surface area contributed by atoms with Crippen molar-refractivity contribution in [2.75, 3.05) is 6.54 Å². The average Bonchev–Trinajstić information content (AvgIpc) is 2.89. The van der Waals surface area contributed by atoms with Crippen molar-refractivity contribution >= 4 is 49.9 Å². The fourth-order valence-electron chi connectivity index (χ4n) is 2.62. The summed E-state index contributed by atoms with van der Waals surface area (Å²) in [5.74, 6) is -0.194. The van der Waals surface area contributed by atoms with Gasteiger partial charge in [-0.3, -0.25) is 9.69 Å². The van der Waals surface area contributed by atoms with Crippen LogP contribution in [0.2, 0.25) is 0 Å². The van der Waals surface area contributed by atoms with Crippen LogP contribution >= 0.6 is 31.9 Å². The zero-order valence-electron chi connectivity index (χ0n) is 14.5. The van der Waals surface area contributed by atoms with Crippen LogP contribution in [0.25, 0.3) is 6.08 Å². The number of imide groups is 1. The van der Waals surface area contributed by atoms with Crippen LogP contribution in [-0.4, -0.2) is 23.4 Å². The van der Waals surface area contributed by atoms with E-state index in [-0.39, 0.29) is 24.7 Å². The third-order valence-corrected chi connectivity index (χ3v) is 5.06. The van der Waals surface area contributed by atoms with Gasteiger partial charge in [-0.05, 0) is 73.3 Å². The Kier molecular flexibility index (Phi) is 6.31. The van der Waals surface area contributed by atoms with Crippen molar-refractivity contribution in [1.29, 1.82) is 0 Å². The van der Waals surface area contributed by atoms with Gasteiger partial charge in [-0.15, -0.1) is 6.58 Å². The third kappa shape index (κ3) is 4.51. The van der Waals surface area contributed by atoms with Crippen molar-refractivity contribution in [2.45, 2.75) is 6.61 Å². The smallest absolute Gasteiger partial charge is 0.329 e. The van der Waals surface area contributed by atoms with E-state index in [9.17, 15) is 14.0 Å². The van der Waals surface area contributed by atoms with E-state index in [2.05, 4.69) is 43.8 Å². The van der Waals surface area contributed by atoms with E-state index in [0.717, 1.165) is 4.90 Å². The lowest BCUT2D eigenvalue weighted by Crippen LogP contribution is -2.30. The summed E-state index contributed by atoms with van der Waals surface area (Å²) in [4.78, 5) is 25.2. The largest absolute Gasteiger partial charge is 0.487 e. The molecule has 1 aliphatic heterocycles. The summed E-state index contributed by atoms with van der Waals surface area (Å²) >= 11 is 6.89. The number of nitrogens with one attached hydrogen (secondary N) is 1. The first-order valence-corrected chi connectivity index (χ1v) is 9.79. The molecular weight excluding hydrogens is 495 g/mol. The molecule has 8 heteroatoms. The van der Waals surface area contributed by atoms with Crippen molar-refractivity contribution in [3.8, 4) is 5.75 Å². The van der Waals surface area contributed by atoms with E-state index in [1.807, 2.05) is 0 Å². The number of carbonyl (C=O) groups excluding carboxylic acids is 2. The first kappa shape index (κ1) is 20.3. The van der Waals surface area contributed by atoms with Crippen LogP contribution in [0, 0.1) is 5.82 Å². The molecule has 0 aliphatic carbocycles. The lowest BCUT2D eigenvalue weighted by Gasteiger charge is -2.12. The molecule has 2 aromatic rings. The molecule has 0 radical (unpaired) electrons. The maximum absolute atomic E-state index is 13.3. The van der Waals surface area contributed by atoms with Gasteiger partial charge < -0.3 is 10.1 Å².